The third-order valence-electron chi connectivity index (χ3n) is 5.82. The molecule has 6 heteroatoms. The molecule has 27 heavy (non-hydrogen) atoms. The van der Waals surface area contributed by atoms with E-state index in [9.17, 15) is 4.79 Å². The van der Waals surface area contributed by atoms with Crippen LogP contribution in [0.15, 0.2) is 42.7 Å². The number of carbonyl (C=O) groups is 1. The summed E-state index contributed by atoms with van der Waals surface area (Å²) in [4.78, 5) is 22.0. The van der Waals surface area contributed by atoms with Crippen LogP contribution < -0.4 is 0 Å². The maximum atomic E-state index is 11.8. The van der Waals surface area contributed by atoms with Crippen molar-refractivity contribution in [1.29, 1.82) is 0 Å². The van der Waals surface area contributed by atoms with Gasteiger partial charge in [0.25, 0.3) is 0 Å². The fourth-order valence-corrected chi connectivity index (χ4v) is 4.42. The Bertz CT molecular complexity index is 1040. The SMILES string of the molecule is COC(=O)c1cncc(C2CN3CCc4c([nH]c5ccccc45)C3(C)O2)c1. The molecule has 0 spiro atoms. The van der Waals surface area contributed by atoms with E-state index in [0.717, 1.165) is 36.3 Å². The molecule has 2 aromatic heterocycles. The summed E-state index contributed by atoms with van der Waals surface area (Å²) in [6.45, 7) is 3.82. The number of carbonyl (C=O) groups excluding carboxylic acids is 1. The van der Waals surface area contributed by atoms with Gasteiger partial charge in [-0.15, -0.1) is 0 Å². The second-order valence-electron chi connectivity index (χ2n) is 7.31. The van der Waals surface area contributed by atoms with Crippen LogP contribution in [-0.4, -0.2) is 41.0 Å². The maximum absolute atomic E-state index is 11.8. The van der Waals surface area contributed by atoms with Crippen LogP contribution in [0.5, 0.6) is 0 Å². The molecule has 1 fully saturated rings. The van der Waals surface area contributed by atoms with E-state index in [1.165, 1.54) is 24.3 Å². The highest BCUT2D eigenvalue weighted by Gasteiger charge is 2.49. The normalized spacial score (nSPS) is 24.6. The summed E-state index contributed by atoms with van der Waals surface area (Å²) < 4.78 is 11.4. The van der Waals surface area contributed by atoms with Crippen molar-refractivity contribution >= 4 is 16.9 Å². The van der Waals surface area contributed by atoms with Gasteiger partial charge >= 0.3 is 5.97 Å². The average Bonchev–Trinajstić information content (AvgIpc) is 3.26. The number of pyridine rings is 1. The van der Waals surface area contributed by atoms with Gasteiger partial charge in [0.2, 0.25) is 0 Å². The number of hydrogen-bond donors (Lipinski definition) is 1. The van der Waals surface area contributed by atoms with Crippen molar-refractivity contribution in [3.8, 4) is 0 Å². The van der Waals surface area contributed by atoms with E-state index in [0.29, 0.717) is 5.56 Å². The lowest BCUT2D eigenvalue weighted by Crippen LogP contribution is -2.44. The minimum atomic E-state index is -0.515. The maximum Gasteiger partial charge on any atom is 0.339 e. The second-order valence-corrected chi connectivity index (χ2v) is 7.31. The molecule has 2 aliphatic heterocycles. The number of H-pyrrole nitrogens is 1. The summed E-state index contributed by atoms with van der Waals surface area (Å²) in [6.07, 6.45) is 4.13. The molecule has 3 aromatic rings. The average molecular weight is 363 g/mol. The molecule has 2 aliphatic rings. The Kier molecular flexibility index (Phi) is 3.60. The van der Waals surface area contributed by atoms with E-state index in [4.69, 9.17) is 9.47 Å². The highest BCUT2D eigenvalue weighted by atomic mass is 16.5. The van der Waals surface area contributed by atoms with Gasteiger partial charge in [0.1, 0.15) is 0 Å². The van der Waals surface area contributed by atoms with Gasteiger partial charge in [-0.2, -0.15) is 0 Å². The number of aromatic nitrogens is 2. The third-order valence-corrected chi connectivity index (χ3v) is 5.82. The predicted molar refractivity (Wildman–Crippen MR) is 100 cm³/mol. The smallest absolute Gasteiger partial charge is 0.339 e. The lowest BCUT2D eigenvalue weighted by atomic mass is 9.96. The third kappa shape index (κ3) is 2.40. The highest BCUT2D eigenvalue weighted by Crippen LogP contribution is 2.47. The van der Waals surface area contributed by atoms with Gasteiger partial charge in [-0.05, 0) is 31.0 Å². The van der Waals surface area contributed by atoms with Crippen molar-refractivity contribution in [2.24, 2.45) is 0 Å². The van der Waals surface area contributed by atoms with Gasteiger partial charge < -0.3 is 14.5 Å². The summed E-state index contributed by atoms with van der Waals surface area (Å²) in [5.74, 6) is -0.385. The van der Waals surface area contributed by atoms with E-state index in [2.05, 4.69) is 40.0 Å². The Balaban J connectivity index is 1.53. The fraction of sp³-hybridized carbons (Fsp3) is 0.333. The van der Waals surface area contributed by atoms with Crippen molar-refractivity contribution in [2.45, 2.75) is 25.2 Å². The molecule has 1 saturated heterocycles. The van der Waals surface area contributed by atoms with Crippen LogP contribution in [-0.2, 0) is 21.6 Å². The van der Waals surface area contributed by atoms with Crippen LogP contribution in [0.3, 0.4) is 0 Å². The van der Waals surface area contributed by atoms with Crippen LogP contribution in [0, 0.1) is 0 Å². The quantitative estimate of drug-likeness (QED) is 0.709. The molecule has 1 N–H and O–H groups in total. The first kappa shape index (κ1) is 16.5. The Morgan fingerprint density at radius 1 is 1.37 bits per heavy atom. The number of fused-ring (bicyclic) bond motifs is 5. The van der Waals surface area contributed by atoms with Gasteiger partial charge in [-0.1, -0.05) is 18.2 Å². The monoisotopic (exact) mass is 363 g/mol. The highest BCUT2D eigenvalue weighted by molar-refractivity contribution is 5.89. The number of nitrogens with one attached hydrogen (secondary N) is 1. The molecular weight excluding hydrogens is 342 g/mol. The summed E-state index contributed by atoms with van der Waals surface area (Å²) in [7, 11) is 1.37. The van der Waals surface area contributed by atoms with Gasteiger partial charge in [-0.3, -0.25) is 9.88 Å². The molecular formula is C21H21N3O3. The van der Waals surface area contributed by atoms with Gasteiger partial charge in [0.15, 0.2) is 5.72 Å². The molecule has 6 nitrogen and oxygen atoms in total. The predicted octanol–water partition coefficient (Wildman–Crippen LogP) is 3.15. The van der Waals surface area contributed by atoms with Crippen molar-refractivity contribution in [1.82, 2.24) is 14.9 Å². The van der Waals surface area contributed by atoms with Crippen molar-refractivity contribution in [3.05, 3.63) is 65.1 Å². The Hall–Kier alpha value is -2.70. The molecule has 0 amide bonds. The Morgan fingerprint density at radius 2 is 2.22 bits per heavy atom. The van der Waals surface area contributed by atoms with Crippen LogP contribution >= 0.6 is 0 Å². The first-order valence-corrected chi connectivity index (χ1v) is 9.16. The number of esters is 1. The summed E-state index contributed by atoms with van der Waals surface area (Å²) in [5.41, 5.74) is 4.44. The first-order chi connectivity index (χ1) is 13.1. The zero-order valence-electron chi connectivity index (χ0n) is 15.4. The second kappa shape index (κ2) is 5.90. The first-order valence-electron chi connectivity index (χ1n) is 9.16. The van der Waals surface area contributed by atoms with E-state index >= 15 is 0 Å². The molecule has 0 saturated carbocycles. The number of ether oxygens (including phenoxy) is 2. The number of nitrogens with zero attached hydrogens (tertiary/aromatic N) is 2. The van der Waals surface area contributed by atoms with E-state index < -0.39 is 5.72 Å². The Morgan fingerprint density at radius 3 is 3.07 bits per heavy atom. The number of aromatic amines is 1. The fourth-order valence-electron chi connectivity index (χ4n) is 4.42. The van der Waals surface area contributed by atoms with Crippen LogP contribution in [0.4, 0.5) is 0 Å². The molecule has 0 aliphatic carbocycles. The van der Waals surface area contributed by atoms with Crippen LogP contribution in [0.25, 0.3) is 10.9 Å². The molecule has 138 valence electrons. The zero-order chi connectivity index (χ0) is 18.6. The summed E-state index contributed by atoms with van der Waals surface area (Å²) >= 11 is 0. The largest absolute Gasteiger partial charge is 0.465 e. The van der Waals surface area contributed by atoms with Crippen molar-refractivity contribution in [2.75, 3.05) is 20.2 Å². The van der Waals surface area contributed by atoms with Gasteiger partial charge in [0, 0.05) is 41.9 Å². The van der Waals surface area contributed by atoms with E-state index in [-0.39, 0.29) is 12.1 Å². The number of rotatable bonds is 2. The molecule has 0 bridgehead atoms. The topological polar surface area (TPSA) is 67.5 Å². The number of benzene rings is 1. The molecule has 2 atom stereocenters. The summed E-state index contributed by atoms with van der Waals surface area (Å²) in [6, 6.07) is 10.2. The lowest BCUT2D eigenvalue weighted by molar-refractivity contribution is -0.106. The van der Waals surface area contributed by atoms with Gasteiger partial charge in [0.05, 0.1) is 24.5 Å². The lowest BCUT2D eigenvalue weighted by Gasteiger charge is -2.37. The molecule has 5 rings (SSSR count). The minimum Gasteiger partial charge on any atom is -0.465 e. The van der Waals surface area contributed by atoms with E-state index in [1.807, 2.05) is 12.1 Å². The molecule has 2 unspecified atom stereocenters. The number of hydrogen-bond acceptors (Lipinski definition) is 5. The molecule has 4 heterocycles. The number of para-hydroxylation sites is 1. The zero-order valence-corrected chi connectivity index (χ0v) is 15.4. The standard InChI is InChI=1S/C21H21N3O3/c1-21-19-16(15-5-3-4-6-17(15)23-19)7-8-24(21)12-18(27-21)13-9-14(11-22-10-13)20(25)26-2/h3-6,9-11,18,23H,7-8,12H2,1-2H3. The number of methoxy groups -OCH3 is 1. The Labute approximate surface area is 157 Å². The molecule has 0 radical (unpaired) electrons. The van der Waals surface area contributed by atoms with Crippen LogP contribution in [0.2, 0.25) is 0 Å². The van der Waals surface area contributed by atoms with E-state index in [1.54, 1.807) is 6.20 Å². The van der Waals surface area contributed by atoms with Crippen molar-refractivity contribution in [3.63, 3.8) is 0 Å². The van der Waals surface area contributed by atoms with Gasteiger partial charge in [-0.25, -0.2) is 4.79 Å². The molecule has 1 aromatic carbocycles. The van der Waals surface area contributed by atoms with Crippen LogP contribution in [0.1, 0.15) is 40.2 Å². The summed E-state index contributed by atoms with van der Waals surface area (Å²) in [5, 5.41) is 1.27. The minimum absolute atomic E-state index is 0.149. The van der Waals surface area contributed by atoms with Crippen molar-refractivity contribution < 1.29 is 14.3 Å².